The number of carbonyl (C=O) groups excluding carboxylic acids is 1. The lowest BCUT2D eigenvalue weighted by molar-refractivity contribution is 0.0897. The predicted octanol–water partition coefficient (Wildman–Crippen LogP) is 3.88. The first-order valence-electron chi connectivity index (χ1n) is 5.61. The second-order valence-electron chi connectivity index (χ2n) is 4.17. The molecule has 1 aliphatic rings. The molecule has 3 nitrogen and oxygen atoms in total. The van der Waals surface area contributed by atoms with Gasteiger partial charge >= 0.3 is 0 Å². The van der Waals surface area contributed by atoms with Crippen molar-refractivity contribution in [2.75, 3.05) is 7.11 Å². The molecule has 0 aromatic heterocycles. The predicted molar refractivity (Wildman–Crippen MR) is 74.8 cm³/mol. The third-order valence-electron chi connectivity index (χ3n) is 2.92. The smallest absolute Gasteiger partial charge is 0.197 e. The molecule has 0 saturated carbocycles. The van der Waals surface area contributed by atoms with Gasteiger partial charge in [0.25, 0.3) is 0 Å². The van der Waals surface area contributed by atoms with E-state index in [9.17, 15) is 9.90 Å². The zero-order chi connectivity index (χ0) is 14.0. The molecule has 1 aromatic carbocycles. The van der Waals surface area contributed by atoms with E-state index in [2.05, 4.69) is 0 Å². The van der Waals surface area contributed by atoms with Gasteiger partial charge in [0.15, 0.2) is 10.8 Å². The van der Waals surface area contributed by atoms with Crippen LogP contribution >= 0.6 is 23.2 Å². The van der Waals surface area contributed by atoms with Crippen molar-refractivity contribution in [2.45, 2.75) is 11.5 Å². The van der Waals surface area contributed by atoms with Crippen LogP contribution in [-0.4, -0.2) is 23.1 Å². The molecule has 0 heterocycles. The number of halogens is 2. The van der Waals surface area contributed by atoms with Crippen molar-refractivity contribution < 1.29 is 14.6 Å². The Morgan fingerprint density at radius 3 is 2.68 bits per heavy atom. The number of aliphatic hydroxyl groups is 1. The van der Waals surface area contributed by atoms with Crippen molar-refractivity contribution in [3.8, 4) is 0 Å². The van der Waals surface area contributed by atoms with Crippen molar-refractivity contribution in [3.05, 3.63) is 58.3 Å². The molecule has 1 N–H and O–H groups in total. The van der Waals surface area contributed by atoms with Gasteiger partial charge in [-0.3, -0.25) is 4.79 Å². The number of rotatable bonds is 3. The number of ketones is 1. The van der Waals surface area contributed by atoms with Gasteiger partial charge in [-0.15, -0.1) is 0 Å². The largest absolute Gasteiger partial charge is 0.511 e. The first kappa shape index (κ1) is 14.1. The molecule has 1 unspecified atom stereocenters. The molecule has 0 amide bonds. The Kier molecular flexibility index (Phi) is 3.99. The van der Waals surface area contributed by atoms with Crippen molar-refractivity contribution >= 4 is 29.0 Å². The van der Waals surface area contributed by atoms with Gasteiger partial charge in [-0.1, -0.05) is 35.3 Å². The van der Waals surface area contributed by atoms with Crippen molar-refractivity contribution in [3.63, 3.8) is 0 Å². The molecular weight excluding hydrogens is 287 g/mol. The summed E-state index contributed by atoms with van der Waals surface area (Å²) in [6.07, 6.45) is 3.03. The fraction of sp³-hybridized carbons (Fsp3) is 0.214. The Morgan fingerprint density at radius 2 is 2.11 bits per heavy atom. The summed E-state index contributed by atoms with van der Waals surface area (Å²) in [6, 6.07) is 6.68. The van der Waals surface area contributed by atoms with E-state index in [-0.39, 0.29) is 23.5 Å². The van der Waals surface area contributed by atoms with E-state index in [0.717, 1.165) is 0 Å². The lowest BCUT2D eigenvalue weighted by Crippen LogP contribution is -2.26. The van der Waals surface area contributed by atoms with E-state index in [4.69, 9.17) is 27.9 Å². The number of benzene rings is 1. The van der Waals surface area contributed by atoms with Gasteiger partial charge < -0.3 is 9.84 Å². The van der Waals surface area contributed by atoms with E-state index < -0.39 is 5.06 Å². The quantitative estimate of drug-likeness (QED) is 0.680. The normalized spacial score (nSPS) is 22.7. The minimum absolute atomic E-state index is 0.0348. The van der Waals surface area contributed by atoms with Crippen LogP contribution in [0.15, 0.2) is 47.7 Å². The number of ether oxygens (including phenoxy) is 1. The molecule has 1 aliphatic carbocycles. The first-order valence-corrected chi connectivity index (χ1v) is 6.37. The number of aliphatic hydroxyl groups excluding tert-OH is 1. The molecule has 100 valence electrons. The second-order valence-corrected chi connectivity index (χ2v) is 5.22. The summed E-state index contributed by atoms with van der Waals surface area (Å²) in [7, 11) is 1.44. The number of allylic oxidation sites excluding steroid dienone is 2. The monoisotopic (exact) mass is 298 g/mol. The summed E-state index contributed by atoms with van der Waals surface area (Å²) in [4.78, 5) is 12.3. The SMILES string of the molecule is COC1(Cl)C=CC(C(=O)c2ccccc2Cl)=C(O)C1. The third kappa shape index (κ3) is 2.84. The summed E-state index contributed by atoms with van der Waals surface area (Å²) in [5.74, 6) is -0.446. The molecule has 5 heteroatoms. The number of hydrogen-bond donors (Lipinski definition) is 1. The van der Waals surface area contributed by atoms with Crippen LogP contribution in [0.1, 0.15) is 16.8 Å². The van der Waals surface area contributed by atoms with Crippen LogP contribution in [0.5, 0.6) is 0 Å². The minimum Gasteiger partial charge on any atom is -0.511 e. The van der Waals surface area contributed by atoms with Crippen LogP contribution in [0.25, 0.3) is 0 Å². The van der Waals surface area contributed by atoms with Gasteiger partial charge in [-0.25, -0.2) is 0 Å². The Labute approximate surface area is 121 Å². The number of alkyl halides is 1. The van der Waals surface area contributed by atoms with Gasteiger partial charge in [0.1, 0.15) is 5.76 Å². The second kappa shape index (κ2) is 5.37. The summed E-state index contributed by atoms with van der Waals surface area (Å²) in [5.41, 5.74) is 0.524. The van der Waals surface area contributed by atoms with Gasteiger partial charge in [-0.05, 0) is 24.3 Å². The summed E-state index contributed by atoms with van der Waals surface area (Å²) < 4.78 is 5.05. The maximum Gasteiger partial charge on any atom is 0.197 e. The maximum absolute atomic E-state index is 12.3. The van der Waals surface area contributed by atoms with E-state index in [1.807, 2.05) is 0 Å². The van der Waals surface area contributed by atoms with Gasteiger partial charge in [0.05, 0.1) is 17.0 Å². The van der Waals surface area contributed by atoms with Crippen LogP contribution in [0.2, 0.25) is 5.02 Å². The van der Waals surface area contributed by atoms with Crippen LogP contribution in [0.3, 0.4) is 0 Å². The molecule has 1 aromatic rings. The zero-order valence-corrected chi connectivity index (χ0v) is 11.7. The van der Waals surface area contributed by atoms with Crippen LogP contribution in [0.4, 0.5) is 0 Å². The van der Waals surface area contributed by atoms with Crippen molar-refractivity contribution in [2.24, 2.45) is 0 Å². The van der Waals surface area contributed by atoms with E-state index in [1.54, 1.807) is 30.3 Å². The highest BCUT2D eigenvalue weighted by molar-refractivity contribution is 6.35. The van der Waals surface area contributed by atoms with Crippen molar-refractivity contribution in [1.82, 2.24) is 0 Å². The molecule has 1 atom stereocenters. The Balaban J connectivity index is 2.34. The van der Waals surface area contributed by atoms with Crippen molar-refractivity contribution in [1.29, 1.82) is 0 Å². The maximum atomic E-state index is 12.3. The lowest BCUT2D eigenvalue weighted by Gasteiger charge is -2.25. The third-order valence-corrected chi connectivity index (χ3v) is 3.66. The number of methoxy groups -OCH3 is 1. The number of hydrogen-bond acceptors (Lipinski definition) is 3. The number of Topliss-reactive ketones (excluding diaryl/α,β-unsaturated/α-hetero) is 1. The molecule has 0 saturated heterocycles. The highest BCUT2D eigenvalue weighted by Gasteiger charge is 2.32. The lowest BCUT2D eigenvalue weighted by atomic mass is 9.95. The Morgan fingerprint density at radius 1 is 1.42 bits per heavy atom. The molecule has 0 fully saturated rings. The van der Waals surface area contributed by atoms with E-state index in [0.29, 0.717) is 10.6 Å². The molecule has 0 spiro atoms. The molecular formula is C14H12Cl2O3. The number of carbonyl (C=O) groups is 1. The molecule has 19 heavy (non-hydrogen) atoms. The van der Waals surface area contributed by atoms with Crippen LogP contribution in [-0.2, 0) is 4.74 Å². The van der Waals surface area contributed by atoms with E-state index in [1.165, 1.54) is 13.2 Å². The van der Waals surface area contributed by atoms with Crippen LogP contribution < -0.4 is 0 Å². The fourth-order valence-corrected chi connectivity index (χ4v) is 2.23. The summed E-state index contributed by atoms with van der Waals surface area (Å²) in [6.45, 7) is 0. The van der Waals surface area contributed by atoms with E-state index >= 15 is 0 Å². The topological polar surface area (TPSA) is 46.5 Å². The standard InChI is InChI=1S/C14H12Cl2O3/c1-19-14(16)7-6-10(12(17)8-14)13(18)9-4-2-3-5-11(9)15/h2-7,17H,8H2,1H3. The fourth-order valence-electron chi connectivity index (χ4n) is 1.82. The highest BCUT2D eigenvalue weighted by atomic mass is 35.5. The molecule has 0 radical (unpaired) electrons. The molecule has 2 rings (SSSR count). The molecule has 0 bridgehead atoms. The van der Waals surface area contributed by atoms with Crippen LogP contribution in [0, 0.1) is 0 Å². The molecule has 0 aliphatic heterocycles. The summed E-state index contributed by atoms with van der Waals surface area (Å²) >= 11 is 12.0. The first-order chi connectivity index (χ1) is 8.97. The van der Waals surface area contributed by atoms with Gasteiger partial charge in [-0.2, -0.15) is 0 Å². The highest BCUT2D eigenvalue weighted by Crippen LogP contribution is 2.33. The van der Waals surface area contributed by atoms with Gasteiger partial charge in [0, 0.05) is 12.7 Å². The Hall–Kier alpha value is -1.29. The zero-order valence-electron chi connectivity index (χ0n) is 10.2. The van der Waals surface area contributed by atoms with Gasteiger partial charge in [0.2, 0.25) is 0 Å². The minimum atomic E-state index is -1.10. The Bertz CT molecular complexity index is 578. The average Bonchev–Trinajstić information content (AvgIpc) is 2.39. The summed E-state index contributed by atoms with van der Waals surface area (Å²) in [5, 5.41) is 9.20. The average molecular weight is 299 g/mol.